The van der Waals surface area contributed by atoms with E-state index in [1.807, 2.05) is 6.08 Å². The number of carbonyl (C=O) groups is 1. The number of unbranched alkanes of at least 4 members (excludes halogenated alkanes) is 25. The number of ether oxygens (including phenoxy) is 6. The van der Waals surface area contributed by atoms with E-state index in [1.54, 1.807) is 6.08 Å². The number of rotatable bonds is 43. The Morgan fingerprint density at radius 1 is 0.461 bits per heavy atom. The first-order valence-corrected chi connectivity index (χ1v) is 29.6. The van der Waals surface area contributed by atoms with Gasteiger partial charge in [0, 0.05) is 6.42 Å². The molecule has 0 aromatic rings. The van der Waals surface area contributed by atoms with Crippen LogP contribution in [0.25, 0.3) is 0 Å². The van der Waals surface area contributed by atoms with Crippen LogP contribution in [0.5, 0.6) is 0 Å². The van der Waals surface area contributed by atoms with Gasteiger partial charge in [-0.05, 0) is 44.9 Å². The number of hydrogen-bond acceptors (Lipinski definition) is 18. The minimum atomic E-state index is -1.98. The smallest absolute Gasteiger partial charge is 0.220 e. The molecule has 0 saturated carbocycles. The summed E-state index contributed by atoms with van der Waals surface area (Å²) in [6, 6.07) is -0.974. The topological polar surface area (TPSA) is 307 Å². The molecule has 3 rings (SSSR count). The monoisotopic (exact) mass is 1090 g/mol. The number of carbonyl (C=O) groups excluding carboxylic acids is 1. The maximum atomic E-state index is 13.3. The van der Waals surface area contributed by atoms with E-state index < -0.39 is 124 Å². The summed E-state index contributed by atoms with van der Waals surface area (Å²) in [7, 11) is 0. The van der Waals surface area contributed by atoms with Gasteiger partial charge in [-0.1, -0.05) is 173 Å². The van der Waals surface area contributed by atoms with Crippen LogP contribution >= 0.6 is 0 Å². The summed E-state index contributed by atoms with van der Waals surface area (Å²) in [5.41, 5.74) is 0. The lowest BCUT2D eigenvalue weighted by atomic mass is 9.96. The Kier molecular flexibility index (Phi) is 37.2. The number of allylic oxidation sites excluding steroid dienone is 3. The van der Waals surface area contributed by atoms with E-state index in [0.29, 0.717) is 6.42 Å². The summed E-state index contributed by atoms with van der Waals surface area (Å²) in [5, 5.41) is 120. The first kappa shape index (κ1) is 68.5. The molecule has 446 valence electrons. The first-order valence-electron chi connectivity index (χ1n) is 29.6. The van der Waals surface area contributed by atoms with Gasteiger partial charge in [0.05, 0.1) is 38.6 Å². The van der Waals surface area contributed by atoms with Crippen molar-refractivity contribution in [2.45, 2.75) is 304 Å². The minimum Gasteiger partial charge on any atom is -0.394 e. The molecule has 3 heterocycles. The fourth-order valence-electron chi connectivity index (χ4n) is 10.1. The Morgan fingerprint density at radius 2 is 0.829 bits per heavy atom. The normalized spacial score (nSPS) is 31.1. The standard InChI is InChI=1S/C57H105NO18/c1-3-5-7-9-11-13-15-17-19-21-23-25-27-29-31-33-35-45(63)58-40(41(62)34-32-30-28-26-24-22-20-18-16-14-12-10-8-6-4-2)39-71-55-51(69)48(66)53(43(37-60)73-55)76-57-52(70)49(67)54(44(38-61)74-57)75-56-50(68)47(65)46(64)42(36-59)72-56/h19,21,32,34,40-44,46-57,59-62,64-70H,3-18,20,22-31,33,35-39H2,1-2H3,(H,58,63)/b21-19-,34-32+. The molecule has 0 aliphatic carbocycles. The SMILES string of the molecule is CCCCCCCCC/C=C\CCCCCCCC(=O)NC(COC1OC(CO)C(OC2OC(CO)C(OC3OC(CO)C(O)C(O)C3O)C(O)C2O)C(O)C1O)C(O)/C=C/CCCCCCCCCCCCCCC. The molecule has 3 aliphatic heterocycles. The first-order chi connectivity index (χ1) is 36.8. The number of hydrogen-bond donors (Lipinski definition) is 12. The molecule has 0 aromatic heterocycles. The van der Waals surface area contributed by atoms with Gasteiger partial charge in [-0.2, -0.15) is 0 Å². The molecule has 0 spiro atoms. The zero-order chi connectivity index (χ0) is 55.5. The summed E-state index contributed by atoms with van der Waals surface area (Å²) in [5.74, 6) is -0.284. The second kappa shape index (κ2) is 41.3. The Morgan fingerprint density at radius 3 is 1.28 bits per heavy atom. The molecule has 76 heavy (non-hydrogen) atoms. The highest BCUT2D eigenvalue weighted by molar-refractivity contribution is 5.76. The third-order valence-electron chi connectivity index (χ3n) is 15.0. The summed E-state index contributed by atoms with van der Waals surface area (Å²) < 4.78 is 34.2. The van der Waals surface area contributed by atoms with Crippen LogP contribution in [0.15, 0.2) is 24.3 Å². The van der Waals surface area contributed by atoms with Gasteiger partial charge in [-0.25, -0.2) is 0 Å². The van der Waals surface area contributed by atoms with Gasteiger partial charge < -0.3 is 89.9 Å². The second-order valence-corrected chi connectivity index (χ2v) is 21.5. The molecule has 3 aliphatic rings. The van der Waals surface area contributed by atoms with Crippen molar-refractivity contribution in [3.05, 3.63) is 24.3 Å². The van der Waals surface area contributed by atoms with E-state index >= 15 is 0 Å². The van der Waals surface area contributed by atoms with Crippen molar-refractivity contribution in [1.29, 1.82) is 0 Å². The molecule has 3 fully saturated rings. The Bertz CT molecular complexity index is 1490. The highest BCUT2D eigenvalue weighted by Gasteiger charge is 2.53. The Balaban J connectivity index is 1.52. The van der Waals surface area contributed by atoms with Crippen molar-refractivity contribution in [3.8, 4) is 0 Å². The fourth-order valence-corrected chi connectivity index (χ4v) is 10.1. The molecule has 17 unspecified atom stereocenters. The van der Waals surface area contributed by atoms with Crippen LogP contribution < -0.4 is 5.32 Å². The van der Waals surface area contributed by atoms with Crippen LogP contribution in [-0.4, -0.2) is 193 Å². The molecule has 0 bridgehead atoms. The average molecular weight is 1090 g/mol. The van der Waals surface area contributed by atoms with Crippen molar-refractivity contribution in [3.63, 3.8) is 0 Å². The predicted octanol–water partition coefficient (Wildman–Crippen LogP) is 4.76. The van der Waals surface area contributed by atoms with Crippen molar-refractivity contribution in [2.75, 3.05) is 26.4 Å². The summed E-state index contributed by atoms with van der Waals surface area (Å²) in [6.45, 7) is 1.71. The largest absolute Gasteiger partial charge is 0.394 e. The van der Waals surface area contributed by atoms with Crippen LogP contribution in [-0.2, 0) is 33.2 Å². The van der Waals surface area contributed by atoms with Gasteiger partial charge in [-0.15, -0.1) is 0 Å². The summed E-state index contributed by atoms with van der Waals surface area (Å²) in [4.78, 5) is 13.3. The average Bonchev–Trinajstić information content (AvgIpc) is 3.41. The van der Waals surface area contributed by atoms with Gasteiger partial charge in [0.25, 0.3) is 0 Å². The number of nitrogens with one attached hydrogen (secondary N) is 1. The molecular weight excluding hydrogens is 987 g/mol. The molecule has 19 heteroatoms. The van der Waals surface area contributed by atoms with Gasteiger partial charge in [0.2, 0.25) is 5.91 Å². The molecule has 1 amide bonds. The highest BCUT2D eigenvalue weighted by atomic mass is 16.8. The fraction of sp³-hybridized carbons (Fsp3) is 0.912. The van der Waals surface area contributed by atoms with Crippen LogP contribution in [0.3, 0.4) is 0 Å². The van der Waals surface area contributed by atoms with E-state index in [4.69, 9.17) is 28.4 Å². The molecule has 0 radical (unpaired) electrons. The van der Waals surface area contributed by atoms with E-state index in [1.165, 1.54) is 109 Å². The maximum Gasteiger partial charge on any atom is 0.220 e. The van der Waals surface area contributed by atoms with Crippen LogP contribution in [0.1, 0.15) is 200 Å². The third kappa shape index (κ3) is 25.4. The lowest BCUT2D eigenvalue weighted by Crippen LogP contribution is -2.66. The molecule has 0 aromatic carbocycles. The molecule has 12 N–H and O–H groups in total. The van der Waals surface area contributed by atoms with Gasteiger partial charge in [0.1, 0.15) is 73.2 Å². The predicted molar refractivity (Wildman–Crippen MR) is 286 cm³/mol. The van der Waals surface area contributed by atoms with Crippen LogP contribution in [0.4, 0.5) is 0 Å². The number of amides is 1. The van der Waals surface area contributed by atoms with Gasteiger partial charge in [0.15, 0.2) is 18.9 Å². The van der Waals surface area contributed by atoms with Crippen molar-refractivity contribution >= 4 is 5.91 Å². The third-order valence-corrected chi connectivity index (χ3v) is 15.0. The Hall–Kier alpha value is -1.73. The molecule has 19 nitrogen and oxygen atoms in total. The van der Waals surface area contributed by atoms with E-state index in [9.17, 15) is 61.0 Å². The second-order valence-electron chi connectivity index (χ2n) is 21.5. The molecular formula is C57H105NO18. The van der Waals surface area contributed by atoms with Crippen molar-refractivity contribution < 1.29 is 89.4 Å². The lowest BCUT2D eigenvalue weighted by Gasteiger charge is -2.48. The zero-order valence-electron chi connectivity index (χ0n) is 46.2. The van der Waals surface area contributed by atoms with Crippen LogP contribution in [0.2, 0.25) is 0 Å². The maximum absolute atomic E-state index is 13.3. The Labute approximate surface area is 454 Å². The molecule has 17 atom stereocenters. The van der Waals surface area contributed by atoms with Gasteiger partial charge in [-0.3, -0.25) is 4.79 Å². The van der Waals surface area contributed by atoms with Crippen molar-refractivity contribution in [1.82, 2.24) is 5.32 Å². The quantitative estimate of drug-likeness (QED) is 0.0289. The lowest BCUT2D eigenvalue weighted by molar-refractivity contribution is -0.379. The van der Waals surface area contributed by atoms with E-state index in [2.05, 4.69) is 31.3 Å². The van der Waals surface area contributed by atoms with Crippen LogP contribution in [0, 0.1) is 0 Å². The number of aliphatic hydroxyl groups excluding tert-OH is 11. The number of aliphatic hydroxyl groups is 11. The highest BCUT2D eigenvalue weighted by Crippen LogP contribution is 2.33. The summed E-state index contributed by atoms with van der Waals surface area (Å²) >= 11 is 0. The molecule has 3 saturated heterocycles. The summed E-state index contributed by atoms with van der Waals surface area (Å²) in [6.07, 6.45) is 14.4. The van der Waals surface area contributed by atoms with Gasteiger partial charge >= 0.3 is 0 Å². The van der Waals surface area contributed by atoms with Crippen molar-refractivity contribution in [2.24, 2.45) is 0 Å². The minimum absolute atomic E-state index is 0.235. The van der Waals surface area contributed by atoms with E-state index in [-0.39, 0.29) is 18.9 Å². The van der Waals surface area contributed by atoms with E-state index in [0.717, 1.165) is 64.2 Å². The zero-order valence-corrected chi connectivity index (χ0v) is 46.2.